The normalized spacial score (nSPS) is 8.40. The number of aromatic amines is 1. The number of amides is 1. The van der Waals surface area contributed by atoms with Gasteiger partial charge in [0, 0.05) is 0 Å². The Morgan fingerprint density at radius 2 is 2.30 bits per heavy atom. The van der Waals surface area contributed by atoms with E-state index in [2.05, 4.69) is 9.97 Å². The lowest BCUT2D eigenvalue weighted by Gasteiger charge is -1.87. The summed E-state index contributed by atoms with van der Waals surface area (Å²) in [5, 5.41) is 0. The van der Waals surface area contributed by atoms with Crippen molar-refractivity contribution in [3.63, 3.8) is 0 Å². The van der Waals surface area contributed by atoms with Crippen molar-refractivity contribution >= 4 is 24.1 Å². The Morgan fingerprint density at radius 3 is 2.50 bits per heavy atom. The molecule has 0 aliphatic rings. The van der Waals surface area contributed by atoms with Crippen molar-refractivity contribution in [3.05, 3.63) is 12.0 Å². The fraction of sp³-hybridized carbons (Fsp3) is 0. The van der Waals surface area contributed by atoms with Crippen LogP contribution in [-0.4, -0.2) is 15.9 Å². The second kappa shape index (κ2) is 3.07. The van der Waals surface area contributed by atoms with E-state index in [0.717, 1.165) is 0 Å². The number of hydrogen-bond acceptors (Lipinski definition) is 3. The number of aromatic nitrogens is 2. The Hall–Kier alpha value is -1.23. The van der Waals surface area contributed by atoms with Crippen LogP contribution in [0.5, 0.6) is 0 Å². The van der Waals surface area contributed by atoms with Gasteiger partial charge in [0.15, 0.2) is 5.82 Å². The minimum atomic E-state index is -0.593. The van der Waals surface area contributed by atoms with Gasteiger partial charge in [-0.25, -0.2) is 4.98 Å². The molecule has 0 spiro atoms. The molecule has 0 aromatic carbocycles. The molecule has 1 rings (SSSR count). The van der Waals surface area contributed by atoms with Crippen molar-refractivity contribution in [2.45, 2.75) is 0 Å². The van der Waals surface area contributed by atoms with Gasteiger partial charge < -0.3 is 16.5 Å². The Bertz CT molecular complexity index is 233. The first-order valence-electron chi connectivity index (χ1n) is 2.30. The van der Waals surface area contributed by atoms with Gasteiger partial charge in [0.2, 0.25) is 0 Å². The van der Waals surface area contributed by atoms with E-state index < -0.39 is 5.91 Å². The number of hydrogen-bond donors (Lipinski definition) is 3. The molecule has 5 N–H and O–H groups in total. The second-order valence-corrected chi connectivity index (χ2v) is 1.53. The van der Waals surface area contributed by atoms with Crippen molar-refractivity contribution in [1.82, 2.24) is 9.97 Å². The van der Waals surface area contributed by atoms with Gasteiger partial charge in [-0.2, -0.15) is 0 Å². The van der Waals surface area contributed by atoms with Gasteiger partial charge in [0.05, 0.1) is 6.33 Å². The van der Waals surface area contributed by atoms with Crippen LogP contribution < -0.4 is 11.5 Å². The van der Waals surface area contributed by atoms with Crippen LogP contribution >= 0.6 is 12.4 Å². The number of rotatable bonds is 1. The first-order chi connectivity index (χ1) is 4.22. The van der Waals surface area contributed by atoms with Gasteiger partial charge in [-0.05, 0) is 0 Å². The summed E-state index contributed by atoms with van der Waals surface area (Å²) < 4.78 is 0. The van der Waals surface area contributed by atoms with Gasteiger partial charge >= 0.3 is 0 Å². The molecule has 0 aliphatic carbocycles. The smallest absolute Gasteiger partial charge is 0.269 e. The number of halogens is 1. The lowest BCUT2D eigenvalue weighted by Crippen LogP contribution is -2.13. The third-order valence-corrected chi connectivity index (χ3v) is 0.915. The standard InChI is InChI=1S/C4H6N4O.ClH/c5-3-2(4(6)9)7-1-8-3;/h1H,5H2,(H2,6,9)(H,7,8);1H. The predicted molar refractivity (Wildman–Crippen MR) is 38.8 cm³/mol. The molecule has 5 nitrogen and oxygen atoms in total. The van der Waals surface area contributed by atoms with E-state index in [9.17, 15) is 4.79 Å². The molecule has 0 saturated carbocycles. The summed E-state index contributed by atoms with van der Waals surface area (Å²) in [6, 6.07) is 0. The highest BCUT2D eigenvalue weighted by molar-refractivity contribution is 5.94. The fourth-order valence-electron chi connectivity index (χ4n) is 0.502. The van der Waals surface area contributed by atoms with Crippen LogP contribution in [0, 0.1) is 0 Å². The van der Waals surface area contributed by atoms with Gasteiger partial charge in [-0.3, -0.25) is 4.79 Å². The highest BCUT2D eigenvalue weighted by Gasteiger charge is 2.05. The van der Waals surface area contributed by atoms with Crippen LogP contribution in [0.4, 0.5) is 5.82 Å². The molecule has 0 fully saturated rings. The van der Waals surface area contributed by atoms with E-state index in [1.807, 2.05) is 0 Å². The quantitative estimate of drug-likeness (QED) is 0.520. The summed E-state index contributed by atoms with van der Waals surface area (Å²) in [7, 11) is 0. The number of imidazole rings is 1. The largest absolute Gasteiger partial charge is 0.382 e. The van der Waals surface area contributed by atoms with Crippen LogP contribution in [-0.2, 0) is 0 Å². The number of nitrogens with zero attached hydrogens (tertiary/aromatic N) is 1. The van der Waals surface area contributed by atoms with Gasteiger partial charge in [0.25, 0.3) is 5.91 Å². The Labute approximate surface area is 63.2 Å². The summed E-state index contributed by atoms with van der Waals surface area (Å²) in [6.07, 6.45) is 1.31. The van der Waals surface area contributed by atoms with E-state index in [4.69, 9.17) is 11.5 Å². The maximum Gasteiger partial charge on any atom is 0.269 e. The molecule has 1 aromatic heterocycles. The van der Waals surface area contributed by atoms with Crippen LogP contribution in [0.2, 0.25) is 0 Å². The maximum atomic E-state index is 10.4. The van der Waals surface area contributed by atoms with Crippen LogP contribution in [0.15, 0.2) is 6.33 Å². The molecule has 0 saturated heterocycles. The average Bonchev–Trinajstić information content (AvgIpc) is 2.13. The Morgan fingerprint density at radius 1 is 1.70 bits per heavy atom. The van der Waals surface area contributed by atoms with Crippen molar-refractivity contribution in [2.24, 2.45) is 5.73 Å². The molecule has 0 atom stereocenters. The molecule has 56 valence electrons. The maximum absolute atomic E-state index is 10.4. The van der Waals surface area contributed by atoms with Crippen molar-refractivity contribution in [3.8, 4) is 0 Å². The number of nitrogens with one attached hydrogen (secondary N) is 1. The number of primary amides is 1. The summed E-state index contributed by atoms with van der Waals surface area (Å²) in [5.74, 6) is -0.451. The van der Waals surface area contributed by atoms with Gasteiger partial charge in [0.1, 0.15) is 5.69 Å². The summed E-state index contributed by atoms with van der Waals surface area (Å²) >= 11 is 0. The number of nitrogens with two attached hydrogens (primary N) is 2. The highest BCUT2D eigenvalue weighted by Crippen LogP contribution is 2.00. The minimum Gasteiger partial charge on any atom is -0.382 e. The highest BCUT2D eigenvalue weighted by atomic mass is 35.5. The lowest BCUT2D eigenvalue weighted by molar-refractivity contribution is 0.0997. The van der Waals surface area contributed by atoms with E-state index in [-0.39, 0.29) is 23.9 Å². The first-order valence-corrected chi connectivity index (χ1v) is 2.30. The van der Waals surface area contributed by atoms with Gasteiger partial charge in [-0.15, -0.1) is 12.4 Å². The predicted octanol–water partition coefficient (Wildman–Crippen LogP) is -0.487. The summed E-state index contributed by atoms with van der Waals surface area (Å²) in [5.41, 5.74) is 10.2. The first kappa shape index (κ1) is 8.77. The minimum absolute atomic E-state index is 0. The van der Waals surface area contributed by atoms with Crippen molar-refractivity contribution in [1.29, 1.82) is 0 Å². The second-order valence-electron chi connectivity index (χ2n) is 1.53. The van der Waals surface area contributed by atoms with Crippen LogP contribution in [0.25, 0.3) is 0 Å². The monoisotopic (exact) mass is 162 g/mol. The average molecular weight is 163 g/mol. The third kappa shape index (κ3) is 1.38. The van der Waals surface area contributed by atoms with Crippen molar-refractivity contribution < 1.29 is 4.79 Å². The summed E-state index contributed by atoms with van der Waals surface area (Å²) in [4.78, 5) is 16.4. The molecule has 0 bridgehead atoms. The third-order valence-electron chi connectivity index (χ3n) is 0.915. The fourth-order valence-corrected chi connectivity index (χ4v) is 0.502. The zero-order valence-corrected chi connectivity index (χ0v) is 5.81. The molecule has 0 unspecified atom stereocenters. The van der Waals surface area contributed by atoms with Crippen LogP contribution in [0.3, 0.4) is 0 Å². The number of nitrogen functional groups attached to an aromatic ring is 1. The Kier molecular flexibility index (Phi) is 2.69. The SMILES string of the molecule is Cl.NC(=O)c1[nH]cnc1N. The topological polar surface area (TPSA) is 97.8 Å². The number of anilines is 1. The molecule has 10 heavy (non-hydrogen) atoms. The molecule has 1 heterocycles. The van der Waals surface area contributed by atoms with Crippen molar-refractivity contribution in [2.75, 3.05) is 5.73 Å². The Balaban J connectivity index is 0.000000810. The molecule has 1 amide bonds. The molecule has 0 radical (unpaired) electrons. The number of carbonyl (C=O) groups is 1. The van der Waals surface area contributed by atoms with Gasteiger partial charge in [-0.1, -0.05) is 0 Å². The zero-order valence-electron chi connectivity index (χ0n) is 5.00. The van der Waals surface area contributed by atoms with E-state index in [1.165, 1.54) is 6.33 Å². The number of H-pyrrole nitrogens is 1. The molecule has 0 aliphatic heterocycles. The summed E-state index contributed by atoms with van der Waals surface area (Å²) in [6.45, 7) is 0. The van der Waals surface area contributed by atoms with E-state index in [0.29, 0.717) is 0 Å². The molecule has 1 aromatic rings. The zero-order chi connectivity index (χ0) is 6.85. The van der Waals surface area contributed by atoms with E-state index >= 15 is 0 Å². The van der Waals surface area contributed by atoms with E-state index in [1.54, 1.807) is 0 Å². The number of carbonyl (C=O) groups excluding carboxylic acids is 1. The lowest BCUT2D eigenvalue weighted by atomic mass is 10.4. The van der Waals surface area contributed by atoms with Crippen LogP contribution in [0.1, 0.15) is 10.5 Å². The molecular formula is C4H7ClN4O. The molecule has 6 heteroatoms. The molecular weight excluding hydrogens is 156 g/mol.